The van der Waals surface area contributed by atoms with Crippen LogP contribution in [-0.4, -0.2) is 46.2 Å². The summed E-state index contributed by atoms with van der Waals surface area (Å²) in [4.78, 5) is 46.8. The van der Waals surface area contributed by atoms with Gasteiger partial charge in [-0.05, 0) is 0 Å². The van der Waals surface area contributed by atoms with Crippen molar-refractivity contribution in [3.63, 3.8) is 0 Å². The first kappa shape index (κ1) is 15.2. The van der Waals surface area contributed by atoms with Crippen molar-refractivity contribution in [1.29, 1.82) is 0 Å². The van der Waals surface area contributed by atoms with E-state index in [2.05, 4.69) is 4.74 Å². The predicted octanol–water partition coefficient (Wildman–Crippen LogP) is -1.17. The van der Waals surface area contributed by atoms with Crippen molar-refractivity contribution in [1.82, 2.24) is 10.3 Å². The Balaban J connectivity index is 2.88. The predicted molar refractivity (Wildman–Crippen MR) is 64.3 cm³/mol. The van der Waals surface area contributed by atoms with E-state index in [0.717, 1.165) is 19.2 Å². The summed E-state index contributed by atoms with van der Waals surface area (Å²) in [7, 11) is 1.08. The van der Waals surface area contributed by atoms with Crippen molar-refractivity contribution in [2.24, 2.45) is 0 Å². The zero-order valence-corrected chi connectivity index (χ0v) is 10.4. The number of carbonyl (C=O) groups excluding carboxylic acids is 2. The molecule has 0 bridgehead atoms. The lowest BCUT2D eigenvalue weighted by atomic mass is 10.2. The maximum atomic E-state index is 11.7. The molecule has 1 amide bonds. The number of aromatic hydroxyl groups is 1. The molecule has 0 aliphatic carbocycles. The first-order chi connectivity index (χ1) is 9.33. The van der Waals surface area contributed by atoms with Crippen LogP contribution in [-0.2, 0) is 14.3 Å². The topological polar surface area (TPSA) is 146 Å². The third-order valence-corrected chi connectivity index (χ3v) is 2.29. The van der Waals surface area contributed by atoms with Crippen molar-refractivity contribution in [3.05, 3.63) is 28.0 Å². The van der Waals surface area contributed by atoms with Crippen LogP contribution in [0.4, 0.5) is 0 Å². The van der Waals surface area contributed by atoms with Gasteiger partial charge in [0.05, 0.1) is 19.1 Å². The average Bonchev–Trinajstić information content (AvgIpc) is 2.36. The van der Waals surface area contributed by atoms with E-state index in [9.17, 15) is 19.2 Å². The molecular weight excluding hydrogens is 272 g/mol. The highest BCUT2D eigenvalue weighted by Crippen LogP contribution is 2.05. The Hall–Kier alpha value is -2.84. The minimum absolute atomic E-state index is 0.234. The quantitative estimate of drug-likeness (QED) is 0.498. The number of hydrogen-bond donors (Lipinski definition) is 4. The van der Waals surface area contributed by atoms with Crippen LogP contribution in [0.5, 0.6) is 5.88 Å². The summed E-state index contributed by atoms with van der Waals surface area (Å²) in [5.74, 6) is -3.70. The number of carbonyl (C=O) groups is 3. The molecule has 0 aromatic carbocycles. The molecule has 9 heteroatoms. The molecule has 0 radical (unpaired) electrons. The molecule has 1 rings (SSSR count). The Morgan fingerprint density at radius 1 is 1.40 bits per heavy atom. The number of aromatic nitrogens is 1. The fourth-order valence-corrected chi connectivity index (χ4v) is 1.35. The number of carboxylic acids is 1. The number of hydrogen-bond acceptors (Lipinski definition) is 6. The zero-order chi connectivity index (χ0) is 15.3. The molecule has 1 heterocycles. The molecule has 0 unspecified atom stereocenters. The van der Waals surface area contributed by atoms with Crippen molar-refractivity contribution >= 4 is 17.8 Å². The first-order valence-electron chi connectivity index (χ1n) is 5.37. The van der Waals surface area contributed by atoms with Gasteiger partial charge in [0.15, 0.2) is 5.88 Å². The largest absolute Gasteiger partial charge is 0.494 e. The van der Waals surface area contributed by atoms with Gasteiger partial charge in [-0.15, -0.1) is 0 Å². The molecule has 108 valence electrons. The molecule has 9 nitrogen and oxygen atoms in total. The second-order valence-electron chi connectivity index (χ2n) is 3.76. The van der Waals surface area contributed by atoms with E-state index in [-0.39, 0.29) is 5.56 Å². The monoisotopic (exact) mass is 284 g/mol. The third-order valence-electron chi connectivity index (χ3n) is 2.29. The lowest BCUT2D eigenvalue weighted by Crippen LogP contribution is -2.42. The Kier molecular flexibility index (Phi) is 4.84. The molecule has 0 aliphatic rings. The molecule has 20 heavy (non-hydrogen) atoms. The van der Waals surface area contributed by atoms with Crippen LogP contribution in [0.3, 0.4) is 0 Å². The number of rotatable bonds is 5. The highest BCUT2D eigenvalue weighted by atomic mass is 16.5. The van der Waals surface area contributed by atoms with E-state index in [1.165, 1.54) is 0 Å². The van der Waals surface area contributed by atoms with E-state index in [0.29, 0.717) is 0 Å². The number of H-pyrrole nitrogens is 1. The number of amides is 1. The molecule has 0 fully saturated rings. The van der Waals surface area contributed by atoms with Crippen LogP contribution in [0.25, 0.3) is 0 Å². The Morgan fingerprint density at radius 2 is 2.05 bits per heavy atom. The van der Waals surface area contributed by atoms with Crippen LogP contribution >= 0.6 is 0 Å². The number of aromatic amines is 1. The fraction of sp³-hybridized carbons (Fsp3) is 0.273. The number of esters is 1. The molecule has 1 aromatic heterocycles. The number of aliphatic carboxylic acids is 1. The number of carboxylic acid groups (broad SMARTS) is 1. The fourth-order valence-electron chi connectivity index (χ4n) is 1.35. The van der Waals surface area contributed by atoms with Gasteiger partial charge in [0, 0.05) is 12.1 Å². The van der Waals surface area contributed by atoms with Gasteiger partial charge in [0.25, 0.3) is 11.5 Å². The third kappa shape index (κ3) is 4.12. The van der Waals surface area contributed by atoms with Crippen molar-refractivity contribution < 1.29 is 29.3 Å². The number of methoxy groups -OCH3 is 1. The average molecular weight is 284 g/mol. The second-order valence-corrected chi connectivity index (χ2v) is 3.76. The van der Waals surface area contributed by atoms with Crippen LogP contribution in [0.15, 0.2) is 16.9 Å². The summed E-state index contributed by atoms with van der Waals surface area (Å²) in [6.45, 7) is 0. The van der Waals surface area contributed by atoms with Crippen molar-refractivity contribution in [3.8, 4) is 5.88 Å². The maximum Gasteiger partial charge on any atom is 0.326 e. The summed E-state index contributed by atoms with van der Waals surface area (Å²) in [5.41, 5.74) is -0.961. The molecule has 4 N–H and O–H groups in total. The van der Waals surface area contributed by atoms with Gasteiger partial charge in [-0.25, -0.2) is 4.79 Å². The van der Waals surface area contributed by atoms with Gasteiger partial charge in [-0.3, -0.25) is 19.4 Å². The van der Waals surface area contributed by atoms with Crippen molar-refractivity contribution in [2.75, 3.05) is 7.11 Å². The highest BCUT2D eigenvalue weighted by molar-refractivity contribution is 5.97. The molecule has 0 saturated heterocycles. The van der Waals surface area contributed by atoms with Gasteiger partial charge in [0.2, 0.25) is 0 Å². The van der Waals surface area contributed by atoms with Crippen LogP contribution in [0.2, 0.25) is 0 Å². The molecule has 0 aliphatic heterocycles. The van der Waals surface area contributed by atoms with Crippen molar-refractivity contribution in [2.45, 2.75) is 12.5 Å². The second kappa shape index (κ2) is 6.36. The number of ether oxygens (including phenoxy) is 1. The zero-order valence-electron chi connectivity index (χ0n) is 10.4. The highest BCUT2D eigenvalue weighted by Gasteiger charge is 2.24. The van der Waals surface area contributed by atoms with Gasteiger partial charge >= 0.3 is 11.9 Å². The summed E-state index contributed by atoms with van der Waals surface area (Å²) in [6.07, 6.45) is -0.563. The Bertz CT molecular complexity index is 593. The molecule has 1 atom stereocenters. The van der Waals surface area contributed by atoms with E-state index >= 15 is 0 Å². The normalized spacial score (nSPS) is 11.4. The van der Waals surface area contributed by atoms with E-state index in [1.54, 1.807) is 0 Å². The van der Waals surface area contributed by atoms with Gasteiger partial charge in [0.1, 0.15) is 6.04 Å². The van der Waals surface area contributed by atoms with Crippen LogP contribution < -0.4 is 10.9 Å². The van der Waals surface area contributed by atoms with E-state index in [4.69, 9.17) is 10.2 Å². The van der Waals surface area contributed by atoms with Gasteiger partial charge in [-0.1, -0.05) is 0 Å². The molecular formula is C11H12N2O7. The SMILES string of the molecule is COC(=O)C[C@H](NC(=O)c1cc(O)[nH]c(=O)c1)C(=O)O. The summed E-state index contributed by atoms with van der Waals surface area (Å²) >= 11 is 0. The standard InChI is InChI=1S/C11H12N2O7/c1-20-9(16)4-6(11(18)19)12-10(17)5-2-7(14)13-8(15)3-5/h2-3,6H,4H2,1H3,(H,12,17)(H,18,19)(H2,13,14,15)/t6-/m0/s1. The van der Waals surface area contributed by atoms with E-state index < -0.39 is 41.7 Å². The lowest BCUT2D eigenvalue weighted by molar-refractivity contribution is -0.147. The number of pyridine rings is 1. The minimum atomic E-state index is -1.50. The summed E-state index contributed by atoms with van der Waals surface area (Å²) in [5, 5.41) is 20.1. The van der Waals surface area contributed by atoms with Crippen LogP contribution in [0, 0.1) is 0 Å². The maximum absolute atomic E-state index is 11.7. The van der Waals surface area contributed by atoms with Crippen LogP contribution in [0.1, 0.15) is 16.8 Å². The van der Waals surface area contributed by atoms with E-state index in [1.807, 2.05) is 10.3 Å². The summed E-state index contributed by atoms with van der Waals surface area (Å²) < 4.78 is 4.31. The summed E-state index contributed by atoms with van der Waals surface area (Å²) in [6, 6.07) is 0.330. The van der Waals surface area contributed by atoms with Gasteiger partial charge < -0.3 is 20.3 Å². The molecule has 0 spiro atoms. The first-order valence-corrected chi connectivity index (χ1v) is 5.37. The van der Waals surface area contributed by atoms with Gasteiger partial charge in [-0.2, -0.15) is 0 Å². The minimum Gasteiger partial charge on any atom is -0.494 e. The molecule has 0 saturated carbocycles. The number of nitrogens with one attached hydrogen (secondary N) is 2. The lowest BCUT2D eigenvalue weighted by Gasteiger charge is -2.13. The Morgan fingerprint density at radius 3 is 2.55 bits per heavy atom. The smallest absolute Gasteiger partial charge is 0.326 e. The Labute approximate surface area is 112 Å². The molecule has 1 aromatic rings.